The lowest BCUT2D eigenvalue weighted by atomic mass is 9.97. The Kier molecular flexibility index (Phi) is 5.42. The van der Waals surface area contributed by atoms with E-state index in [4.69, 9.17) is 4.42 Å². The molecule has 124 valence electrons. The Morgan fingerprint density at radius 1 is 1.22 bits per heavy atom. The molecule has 1 aromatic heterocycles. The average molecular weight is 317 g/mol. The molecule has 2 rings (SSSR count). The zero-order valence-electron chi connectivity index (χ0n) is 13.7. The van der Waals surface area contributed by atoms with Gasteiger partial charge in [0, 0.05) is 11.9 Å². The highest BCUT2D eigenvalue weighted by atomic mass is 16.4. The molecule has 5 heteroatoms. The predicted octanol–water partition coefficient (Wildman–Crippen LogP) is 3.40. The maximum Gasteiger partial charge on any atom is 0.308 e. The number of hydrogen-bond donors (Lipinski definition) is 2. The predicted molar refractivity (Wildman–Crippen MR) is 88.2 cm³/mol. The van der Waals surface area contributed by atoms with Crippen LogP contribution >= 0.6 is 0 Å². The van der Waals surface area contributed by atoms with Crippen LogP contribution in [-0.4, -0.2) is 23.5 Å². The summed E-state index contributed by atoms with van der Waals surface area (Å²) < 4.78 is 5.69. The monoisotopic (exact) mass is 317 g/mol. The molecular formula is C18H23NO4. The summed E-state index contributed by atoms with van der Waals surface area (Å²) in [5.74, 6) is -1.28. The third kappa shape index (κ3) is 4.34. The summed E-state index contributed by atoms with van der Waals surface area (Å²) in [5, 5.41) is 12.9. The number of carboxylic acid groups (broad SMARTS) is 1. The second kappa shape index (κ2) is 7.31. The van der Waals surface area contributed by atoms with Crippen molar-refractivity contribution < 1.29 is 19.1 Å². The fraction of sp³-hybridized carbons (Fsp3) is 0.444. The highest BCUT2D eigenvalue weighted by Crippen LogP contribution is 2.25. The number of fused-ring (bicyclic) bond motifs is 1. The lowest BCUT2D eigenvalue weighted by Gasteiger charge is -2.16. The molecule has 0 aliphatic carbocycles. The molecule has 2 N–H and O–H groups in total. The Hall–Kier alpha value is -2.30. The molecule has 0 radical (unpaired) electrons. The summed E-state index contributed by atoms with van der Waals surface area (Å²) in [6.07, 6.45) is 0.536. The zero-order chi connectivity index (χ0) is 17.0. The first-order chi connectivity index (χ1) is 10.9. The van der Waals surface area contributed by atoms with Crippen LogP contribution in [0.3, 0.4) is 0 Å². The Morgan fingerprint density at radius 3 is 2.52 bits per heavy atom. The molecule has 0 aliphatic heterocycles. The van der Waals surface area contributed by atoms with Gasteiger partial charge in [0.15, 0.2) is 0 Å². The molecule has 0 fully saturated rings. The van der Waals surface area contributed by atoms with E-state index in [0.717, 1.165) is 11.0 Å². The fourth-order valence-corrected chi connectivity index (χ4v) is 2.56. The highest BCUT2D eigenvalue weighted by Gasteiger charge is 2.23. The van der Waals surface area contributed by atoms with Crippen molar-refractivity contribution in [2.24, 2.45) is 11.8 Å². The van der Waals surface area contributed by atoms with E-state index < -0.39 is 17.8 Å². The van der Waals surface area contributed by atoms with Gasteiger partial charge in [-0.15, -0.1) is 0 Å². The van der Waals surface area contributed by atoms with Crippen molar-refractivity contribution in [2.45, 2.75) is 33.1 Å². The van der Waals surface area contributed by atoms with Crippen molar-refractivity contribution >= 4 is 22.8 Å². The van der Waals surface area contributed by atoms with Crippen LogP contribution in [-0.2, 0) is 9.59 Å². The van der Waals surface area contributed by atoms with E-state index in [-0.39, 0.29) is 18.4 Å². The molecule has 2 aromatic rings. The smallest absolute Gasteiger partial charge is 0.308 e. The van der Waals surface area contributed by atoms with Gasteiger partial charge < -0.3 is 14.8 Å². The number of nitrogens with one attached hydrogen (secondary N) is 1. The number of carboxylic acids is 1. The van der Waals surface area contributed by atoms with Crippen LogP contribution in [0.5, 0.6) is 0 Å². The third-order valence-electron chi connectivity index (χ3n) is 3.89. The van der Waals surface area contributed by atoms with Gasteiger partial charge in [-0.05, 0) is 31.4 Å². The summed E-state index contributed by atoms with van der Waals surface area (Å²) in [7, 11) is 0. The maximum atomic E-state index is 12.3. The molecule has 2 atom stereocenters. The van der Waals surface area contributed by atoms with Crippen LogP contribution in [0.25, 0.3) is 11.0 Å². The van der Waals surface area contributed by atoms with Crippen molar-refractivity contribution in [1.29, 1.82) is 0 Å². The van der Waals surface area contributed by atoms with Gasteiger partial charge in [0.25, 0.3) is 0 Å². The van der Waals surface area contributed by atoms with E-state index in [9.17, 15) is 14.7 Å². The first kappa shape index (κ1) is 17.1. The number of aliphatic carboxylic acids is 1. The SMILES string of the molecule is CC(C)CC(CNC(=O)C(C)c1cc2ccccc2o1)C(=O)O. The first-order valence-corrected chi connectivity index (χ1v) is 7.87. The van der Waals surface area contributed by atoms with E-state index in [2.05, 4.69) is 5.32 Å². The quantitative estimate of drug-likeness (QED) is 0.820. The lowest BCUT2D eigenvalue weighted by molar-refractivity contribution is -0.142. The van der Waals surface area contributed by atoms with Crippen molar-refractivity contribution in [3.8, 4) is 0 Å². The minimum atomic E-state index is -0.879. The first-order valence-electron chi connectivity index (χ1n) is 7.87. The molecule has 1 amide bonds. The number of furan rings is 1. The summed E-state index contributed by atoms with van der Waals surface area (Å²) >= 11 is 0. The van der Waals surface area contributed by atoms with Gasteiger partial charge in [0.1, 0.15) is 11.3 Å². The highest BCUT2D eigenvalue weighted by molar-refractivity contribution is 5.85. The van der Waals surface area contributed by atoms with E-state index in [1.165, 1.54) is 0 Å². The second-order valence-corrected chi connectivity index (χ2v) is 6.32. The van der Waals surface area contributed by atoms with E-state index in [0.29, 0.717) is 12.2 Å². The number of carbonyl (C=O) groups excluding carboxylic acids is 1. The topological polar surface area (TPSA) is 79.5 Å². The molecule has 2 unspecified atom stereocenters. The van der Waals surface area contributed by atoms with E-state index in [1.807, 2.05) is 44.2 Å². The van der Waals surface area contributed by atoms with Gasteiger partial charge in [-0.1, -0.05) is 32.0 Å². The second-order valence-electron chi connectivity index (χ2n) is 6.32. The van der Waals surface area contributed by atoms with Crippen molar-refractivity contribution in [2.75, 3.05) is 6.54 Å². The third-order valence-corrected chi connectivity index (χ3v) is 3.89. The molecule has 0 bridgehead atoms. The molecule has 0 saturated carbocycles. The molecule has 5 nitrogen and oxygen atoms in total. The number of hydrogen-bond acceptors (Lipinski definition) is 3. The van der Waals surface area contributed by atoms with Gasteiger partial charge in [-0.3, -0.25) is 9.59 Å². The van der Waals surface area contributed by atoms with Crippen molar-refractivity contribution in [3.63, 3.8) is 0 Å². The number of carbonyl (C=O) groups is 2. The molecule has 23 heavy (non-hydrogen) atoms. The van der Waals surface area contributed by atoms with Crippen LogP contribution in [0.2, 0.25) is 0 Å². The number of rotatable bonds is 7. The normalized spacial score (nSPS) is 13.9. The van der Waals surface area contributed by atoms with Crippen LogP contribution in [0.4, 0.5) is 0 Å². The van der Waals surface area contributed by atoms with Gasteiger partial charge in [-0.25, -0.2) is 0 Å². The van der Waals surface area contributed by atoms with Gasteiger partial charge in [0.2, 0.25) is 5.91 Å². The summed E-state index contributed by atoms with van der Waals surface area (Å²) in [4.78, 5) is 23.5. The van der Waals surface area contributed by atoms with Crippen molar-refractivity contribution in [3.05, 3.63) is 36.1 Å². The largest absolute Gasteiger partial charge is 0.481 e. The minimum Gasteiger partial charge on any atom is -0.481 e. The average Bonchev–Trinajstić information content (AvgIpc) is 2.93. The Balaban J connectivity index is 2.00. The summed E-state index contributed by atoms with van der Waals surface area (Å²) in [6.45, 7) is 5.83. The van der Waals surface area contributed by atoms with E-state index in [1.54, 1.807) is 6.92 Å². The van der Waals surface area contributed by atoms with Crippen molar-refractivity contribution in [1.82, 2.24) is 5.32 Å². The standard InChI is InChI=1S/C18H23NO4/c1-11(2)8-14(18(21)22)10-19-17(20)12(3)16-9-13-6-4-5-7-15(13)23-16/h4-7,9,11-12,14H,8,10H2,1-3H3,(H,19,20)(H,21,22). The Morgan fingerprint density at radius 2 is 1.91 bits per heavy atom. The van der Waals surface area contributed by atoms with E-state index >= 15 is 0 Å². The Labute approximate surface area is 135 Å². The fourth-order valence-electron chi connectivity index (χ4n) is 2.56. The molecule has 1 heterocycles. The number of amides is 1. The van der Waals surface area contributed by atoms with Gasteiger partial charge >= 0.3 is 5.97 Å². The molecule has 1 aromatic carbocycles. The Bertz CT molecular complexity index is 656. The molecular weight excluding hydrogens is 294 g/mol. The van der Waals surface area contributed by atoms with Crippen LogP contribution in [0, 0.1) is 11.8 Å². The minimum absolute atomic E-state index is 0.136. The zero-order valence-corrected chi connectivity index (χ0v) is 13.7. The molecule has 0 spiro atoms. The maximum absolute atomic E-state index is 12.3. The van der Waals surface area contributed by atoms with Crippen LogP contribution in [0.1, 0.15) is 38.9 Å². The van der Waals surface area contributed by atoms with Gasteiger partial charge in [-0.2, -0.15) is 0 Å². The summed E-state index contributed by atoms with van der Waals surface area (Å²) in [5.41, 5.74) is 0.741. The molecule has 0 aliphatic rings. The number of para-hydroxylation sites is 1. The summed E-state index contributed by atoms with van der Waals surface area (Å²) in [6, 6.07) is 9.42. The van der Waals surface area contributed by atoms with Crippen LogP contribution < -0.4 is 5.32 Å². The molecule has 0 saturated heterocycles. The van der Waals surface area contributed by atoms with Crippen LogP contribution in [0.15, 0.2) is 34.7 Å². The van der Waals surface area contributed by atoms with Gasteiger partial charge in [0.05, 0.1) is 11.8 Å². The lowest BCUT2D eigenvalue weighted by Crippen LogP contribution is -2.35. The number of benzene rings is 1.